The normalized spacial score (nSPS) is 13.8. The summed E-state index contributed by atoms with van der Waals surface area (Å²) in [5, 5.41) is 4.81. The highest BCUT2D eigenvalue weighted by atomic mass is 35.5. The van der Waals surface area contributed by atoms with Crippen molar-refractivity contribution in [2.24, 2.45) is 0 Å². The number of hydrogen-bond donors (Lipinski definition) is 1. The molecule has 1 aromatic rings. The topological polar surface area (TPSA) is 15.3 Å². The van der Waals surface area contributed by atoms with E-state index in [1.807, 2.05) is 12.1 Å². The molecule has 0 spiro atoms. The molecule has 0 radical (unpaired) electrons. The zero-order chi connectivity index (χ0) is 15.3. The first-order valence-corrected chi connectivity index (χ1v) is 8.07. The van der Waals surface area contributed by atoms with Crippen molar-refractivity contribution in [3.63, 3.8) is 0 Å². The van der Waals surface area contributed by atoms with Crippen LogP contribution in [0.25, 0.3) is 0 Å². The molecule has 0 saturated carbocycles. The van der Waals surface area contributed by atoms with Crippen molar-refractivity contribution in [3.05, 3.63) is 33.8 Å². The van der Waals surface area contributed by atoms with Crippen LogP contribution in [0.3, 0.4) is 0 Å². The maximum atomic E-state index is 6.18. The lowest BCUT2D eigenvalue weighted by atomic mass is 9.86. The summed E-state index contributed by atoms with van der Waals surface area (Å²) in [7, 11) is 0. The second kappa shape index (κ2) is 7.65. The van der Waals surface area contributed by atoms with Gasteiger partial charge in [0.15, 0.2) is 0 Å². The number of halogens is 2. The summed E-state index contributed by atoms with van der Waals surface area (Å²) in [6.45, 7) is 14.0. The van der Waals surface area contributed by atoms with E-state index in [4.69, 9.17) is 23.2 Å². The van der Waals surface area contributed by atoms with E-state index in [1.165, 1.54) is 5.56 Å². The highest BCUT2D eigenvalue weighted by Gasteiger charge is 2.34. The zero-order valence-electron chi connectivity index (χ0n) is 13.1. The molecule has 114 valence electrons. The van der Waals surface area contributed by atoms with E-state index in [2.05, 4.69) is 50.9 Å². The Hall–Kier alpha value is -0.280. The molecule has 0 saturated heterocycles. The van der Waals surface area contributed by atoms with Gasteiger partial charge in [-0.25, -0.2) is 0 Å². The fraction of sp³-hybridized carbons (Fsp3) is 0.625. The second-order valence-electron chi connectivity index (χ2n) is 5.49. The van der Waals surface area contributed by atoms with Gasteiger partial charge in [0.05, 0.1) is 16.1 Å². The number of benzene rings is 1. The SMILES string of the molecule is CCNC(c1ccc(Cl)c(Cl)c1)C(C)(C)N(CC)CC. The molecule has 0 fully saturated rings. The minimum Gasteiger partial charge on any atom is -0.309 e. The Bertz CT molecular complexity index is 428. The minimum absolute atomic E-state index is 0.00331. The fourth-order valence-electron chi connectivity index (χ4n) is 2.89. The minimum atomic E-state index is -0.00331. The van der Waals surface area contributed by atoms with Gasteiger partial charge < -0.3 is 5.32 Å². The van der Waals surface area contributed by atoms with E-state index in [-0.39, 0.29) is 11.6 Å². The van der Waals surface area contributed by atoms with Crippen LogP contribution in [0.15, 0.2) is 18.2 Å². The smallest absolute Gasteiger partial charge is 0.0595 e. The Morgan fingerprint density at radius 3 is 2.15 bits per heavy atom. The third-order valence-corrected chi connectivity index (χ3v) is 4.71. The summed E-state index contributed by atoms with van der Waals surface area (Å²) in [5.74, 6) is 0. The average molecular weight is 317 g/mol. The van der Waals surface area contributed by atoms with E-state index >= 15 is 0 Å². The molecule has 0 aliphatic heterocycles. The van der Waals surface area contributed by atoms with Crippen molar-refractivity contribution in [3.8, 4) is 0 Å². The molecule has 1 N–H and O–H groups in total. The zero-order valence-corrected chi connectivity index (χ0v) is 14.6. The molecular weight excluding hydrogens is 291 g/mol. The monoisotopic (exact) mass is 316 g/mol. The van der Waals surface area contributed by atoms with E-state index in [0.717, 1.165) is 19.6 Å². The maximum absolute atomic E-state index is 6.18. The number of nitrogens with zero attached hydrogens (tertiary/aromatic N) is 1. The molecular formula is C16H26Cl2N2. The van der Waals surface area contributed by atoms with Crippen molar-refractivity contribution in [1.82, 2.24) is 10.2 Å². The lowest BCUT2D eigenvalue weighted by Crippen LogP contribution is -2.52. The molecule has 0 amide bonds. The van der Waals surface area contributed by atoms with Gasteiger partial charge in [0.25, 0.3) is 0 Å². The van der Waals surface area contributed by atoms with Crippen molar-refractivity contribution in [2.45, 2.75) is 46.2 Å². The van der Waals surface area contributed by atoms with Gasteiger partial charge in [-0.15, -0.1) is 0 Å². The number of likely N-dealkylation sites (N-methyl/N-ethyl adjacent to an activating group) is 2. The Morgan fingerprint density at radius 1 is 1.10 bits per heavy atom. The summed E-state index contributed by atoms with van der Waals surface area (Å²) in [6, 6.07) is 6.12. The summed E-state index contributed by atoms with van der Waals surface area (Å²) in [4.78, 5) is 2.46. The van der Waals surface area contributed by atoms with E-state index in [0.29, 0.717) is 10.0 Å². The standard InChI is InChI=1S/C16H26Cl2N2/c1-6-19-15(16(4,5)20(7-2)8-3)12-9-10-13(17)14(18)11-12/h9-11,15,19H,6-8H2,1-5H3. The van der Waals surface area contributed by atoms with Crippen LogP contribution in [0.1, 0.15) is 46.2 Å². The number of nitrogens with one attached hydrogen (secondary N) is 1. The van der Waals surface area contributed by atoms with Crippen molar-refractivity contribution >= 4 is 23.2 Å². The van der Waals surface area contributed by atoms with Crippen LogP contribution in [-0.4, -0.2) is 30.1 Å². The van der Waals surface area contributed by atoms with Crippen LogP contribution < -0.4 is 5.32 Å². The Morgan fingerprint density at radius 2 is 1.70 bits per heavy atom. The third kappa shape index (κ3) is 3.88. The van der Waals surface area contributed by atoms with Crippen LogP contribution in [0, 0.1) is 0 Å². The molecule has 1 atom stereocenters. The van der Waals surface area contributed by atoms with Gasteiger partial charge in [0, 0.05) is 5.54 Å². The molecule has 1 aromatic carbocycles. The molecule has 0 bridgehead atoms. The van der Waals surface area contributed by atoms with Crippen molar-refractivity contribution < 1.29 is 0 Å². The highest BCUT2D eigenvalue weighted by Crippen LogP contribution is 2.34. The van der Waals surface area contributed by atoms with Crippen LogP contribution in [0.5, 0.6) is 0 Å². The van der Waals surface area contributed by atoms with Crippen LogP contribution in [0.4, 0.5) is 0 Å². The van der Waals surface area contributed by atoms with E-state index in [9.17, 15) is 0 Å². The molecule has 0 aliphatic carbocycles. The largest absolute Gasteiger partial charge is 0.309 e. The first-order valence-electron chi connectivity index (χ1n) is 7.31. The molecule has 0 aliphatic rings. The lowest BCUT2D eigenvalue weighted by molar-refractivity contribution is 0.0919. The predicted molar refractivity (Wildman–Crippen MR) is 89.9 cm³/mol. The molecule has 2 nitrogen and oxygen atoms in total. The Balaban J connectivity index is 3.18. The predicted octanol–water partition coefficient (Wildman–Crippen LogP) is 4.76. The first-order chi connectivity index (χ1) is 9.38. The fourth-order valence-corrected chi connectivity index (χ4v) is 3.20. The number of hydrogen-bond acceptors (Lipinski definition) is 2. The van der Waals surface area contributed by atoms with E-state index in [1.54, 1.807) is 0 Å². The van der Waals surface area contributed by atoms with Crippen molar-refractivity contribution in [2.75, 3.05) is 19.6 Å². The van der Waals surface area contributed by atoms with E-state index < -0.39 is 0 Å². The molecule has 1 rings (SSSR count). The third-order valence-electron chi connectivity index (χ3n) is 3.97. The Kier molecular flexibility index (Phi) is 6.80. The number of rotatable bonds is 7. The van der Waals surface area contributed by atoms with Gasteiger partial charge in [0.2, 0.25) is 0 Å². The summed E-state index contributed by atoms with van der Waals surface area (Å²) in [5.41, 5.74) is 1.18. The average Bonchev–Trinajstić information content (AvgIpc) is 2.40. The second-order valence-corrected chi connectivity index (χ2v) is 6.30. The molecule has 0 aromatic heterocycles. The summed E-state index contributed by atoms with van der Waals surface area (Å²) < 4.78 is 0. The highest BCUT2D eigenvalue weighted by molar-refractivity contribution is 6.42. The van der Waals surface area contributed by atoms with Gasteiger partial charge in [-0.2, -0.15) is 0 Å². The van der Waals surface area contributed by atoms with Crippen LogP contribution in [0.2, 0.25) is 10.0 Å². The summed E-state index contributed by atoms with van der Waals surface area (Å²) >= 11 is 12.2. The quantitative estimate of drug-likeness (QED) is 0.779. The van der Waals surface area contributed by atoms with Gasteiger partial charge in [-0.05, 0) is 51.2 Å². The van der Waals surface area contributed by atoms with Gasteiger partial charge in [-0.1, -0.05) is 50.0 Å². The maximum Gasteiger partial charge on any atom is 0.0595 e. The molecule has 0 heterocycles. The molecule has 1 unspecified atom stereocenters. The first kappa shape index (κ1) is 17.8. The molecule has 4 heteroatoms. The lowest BCUT2D eigenvalue weighted by Gasteiger charge is -2.44. The van der Waals surface area contributed by atoms with Gasteiger partial charge >= 0.3 is 0 Å². The molecule has 20 heavy (non-hydrogen) atoms. The van der Waals surface area contributed by atoms with Crippen LogP contribution in [-0.2, 0) is 0 Å². The van der Waals surface area contributed by atoms with Gasteiger partial charge in [-0.3, -0.25) is 4.90 Å². The van der Waals surface area contributed by atoms with Gasteiger partial charge in [0.1, 0.15) is 0 Å². The van der Waals surface area contributed by atoms with Crippen molar-refractivity contribution in [1.29, 1.82) is 0 Å². The summed E-state index contributed by atoms with van der Waals surface area (Å²) in [6.07, 6.45) is 0. The Labute approximate surface area is 133 Å². The van der Waals surface area contributed by atoms with Crippen LogP contribution >= 0.6 is 23.2 Å².